The molecule has 0 saturated carbocycles. The van der Waals surface area contributed by atoms with Crippen molar-refractivity contribution in [2.75, 3.05) is 11.1 Å². The first-order valence-corrected chi connectivity index (χ1v) is 14.8. The van der Waals surface area contributed by atoms with Crippen molar-refractivity contribution in [3.8, 4) is 11.3 Å². The first-order valence-electron chi connectivity index (χ1n) is 13.0. The van der Waals surface area contributed by atoms with Crippen LogP contribution in [-0.2, 0) is 4.79 Å². The van der Waals surface area contributed by atoms with E-state index < -0.39 is 11.8 Å². The molecule has 42 heavy (non-hydrogen) atoms. The number of benzene rings is 4. The number of nitrogens with one attached hydrogen (secondary N) is 2. The van der Waals surface area contributed by atoms with Crippen LogP contribution in [0.25, 0.3) is 17.4 Å². The fourth-order valence-corrected chi connectivity index (χ4v) is 5.03. The number of thioether (sulfide) groups is 1. The molecule has 0 aliphatic carbocycles. The van der Waals surface area contributed by atoms with Crippen molar-refractivity contribution in [3.63, 3.8) is 0 Å². The standard InChI is InChI=1S/C34H25BrN2O4S/c35-26-13-11-24(12-14-26)32-20-17-28(41-32)21-30(37-33(39)25-9-5-2-6-10-25)34(40)36-27-15-18-29(19-16-27)42-22-31(38)23-7-3-1-4-8-23/h1-21H,22H2,(H,36,40)(H,37,39). The number of rotatable bonds is 10. The normalized spacial score (nSPS) is 11.1. The zero-order valence-corrected chi connectivity index (χ0v) is 24.7. The molecule has 5 rings (SSSR count). The van der Waals surface area contributed by atoms with Gasteiger partial charge in [-0.1, -0.05) is 76.6 Å². The van der Waals surface area contributed by atoms with Gasteiger partial charge in [-0.2, -0.15) is 0 Å². The minimum absolute atomic E-state index is 0.0208. The molecule has 6 nitrogen and oxygen atoms in total. The Balaban J connectivity index is 1.30. The Hall–Kier alpha value is -4.66. The van der Waals surface area contributed by atoms with E-state index in [1.807, 2.05) is 66.7 Å². The Morgan fingerprint density at radius 2 is 1.38 bits per heavy atom. The molecule has 1 aromatic heterocycles. The predicted octanol–water partition coefficient (Wildman–Crippen LogP) is 8.09. The number of hydrogen-bond donors (Lipinski definition) is 2. The molecule has 0 aliphatic heterocycles. The number of ketones is 1. The second kappa shape index (κ2) is 13.8. The predicted molar refractivity (Wildman–Crippen MR) is 170 cm³/mol. The van der Waals surface area contributed by atoms with Gasteiger partial charge in [0.25, 0.3) is 11.8 Å². The van der Waals surface area contributed by atoms with Crippen molar-refractivity contribution < 1.29 is 18.8 Å². The number of carbonyl (C=O) groups excluding carboxylic acids is 3. The zero-order valence-electron chi connectivity index (χ0n) is 22.3. The van der Waals surface area contributed by atoms with Crippen LogP contribution in [0.1, 0.15) is 26.5 Å². The molecule has 0 aliphatic rings. The third kappa shape index (κ3) is 7.75. The average Bonchev–Trinajstić information content (AvgIpc) is 3.50. The van der Waals surface area contributed by atoms with E-state index in [1.165, 1.54) is 17.8 Å². The number of Topliss-reactive ketones (excluding diaryl/α,β-unsaturated/α-hetero) is 1. The second-order valence-corrected chi connectivity index (χ2v) is 11.1. The molecular weight excluding hydrogens is 612 g/mol. The zero-order chi connectivity index (χ0) is 29.3. The van der Waals surface area contributed by atoms with Crippen molar-refractivity contribution >= 4 is 57.1 Å². The minimum Gasteiger partial charge on any atom is -0.457 e. The highest BCUT2D eigenvalue weighted by Gasteiger charge is 2.16. The molecule has 0 atom stereocenters. The van der Waals surface area contributed by atoms with Crippen molar-refractivity contribution in [2.45, 2.75) is 4.90 Å². The van der Waals surface area contributed by atoms with E-state index in [0.29, 0.717) is 34.1 Å². The van der Waals surface area contributed by atoms with Gasteiger partial charge in [-0.3, -0.25) is 14.4 Å². The van der Waals surface area contributed by atoms with Gasteiger partial charge in [0.2, 0.25) is 0 Å². The molecule has 8 heteroatoms. The van der Waals surface area contributed by atoms with Crippen LogP contribution >= 0.6 is 27.7 Å². The summed E-state index contributed by atoms with van der Waals surface area (Å²) in [5, 5.41) is 5.56. The molecule has 0 spiro atoms. The summed E-state index contributed by atoms with van der Waals surface area (Å²) in [4.78, 5) is 39.6. The molecular formula is C34H25BrN2O4S. The smallest absolute Gasteiger partial charge is 0.272 e. The van der Waals surface area contributed by atoms with Gasteiger partial charge in [-0.25, -0.2) is 0 Å². The lowest BCUT2D eigenvalue weighted by molar-refractivity contribution is -0.113. The largest absolute Gasteiger partial charge is 0.457 e. The van der Waals surface area contributed by atoms with E-state index in [-0.39, 0.29) is 11.5 Å². The monoisotopic (exact) mass is 636 g/mol. The lowest BCUT2D eigenvalue weighted by atomic mass is 10.2. The van der Waals surface area contributed by atoms with E-state index >= 15 is 0 Å². The molecule has 1 heterocycles. The Morgan fingerprint density at radius 3 is 2.05 bits per heavy atom. The van der Waals surface area contributed by atoms with Crippen LogP contribution in [0.4, 0.5) is 5.69 Å². The fourth-order valence-electron chi connectivity index (χ4n) is 3.97. The molecule has 208 valence electrons. The Bertz CT molecular complexity index is 1720. The van der Waals surface area contributed by atoms with E-state index in [2.05, 4.69) is 26.6 Å². The SMILES string of the molecule is O=C(Nc1ccc(SCC(=O)c2ccccc2)cc1)C(=Cc1ccc(-c2ccc(Br)cc2)o1)NC(=O)c1ccccc1. The van der Waals surface area contributed by atoms with Crippen LogP contribution in [0, 0.1) is 0 Å². The van der Waals surface area contributed by atoms with Crippen LogP contribution in [-0.4, -0.2) is 23.4 Å². The summed E-state index contributed by atoms with van der Waals surface area (Å²) in [7, 11) is 0. The highest BCUT2D eigenvalue weighted by Crippen LogP contribution is 2.26. The lowest BCUT2D eigenvalue weighted by Crippen LogP contribution is -2.30. The van der Waals surface area contributed by atoms with E-state index in [1.54, 1.807) is 54.6 Å². The Morgan fingerprint density at radius 1 is 0.738 bits per heavy atom. The first-order chi connectivity index (χ1) is 20.4. The molecule has 0 saturated heterocycles. The summed E-state index contributed by atoms with van der Waals surface area (Å²) in [5.41, 5.74) is 2.52. The van der Waals surface area contributed by atoms with E-state index in [0.717, 1.165) is 14.9 Å². The number of hydrogen-bond acceptors (Lipinski definition) is 5. The van der Waals surface area contributed by atoms with Crippen LogP contribution in [0.5, 0.6) is 0 Å². The molecule has 0 fully saturated rings. The van der Waals surface area contributed by atoms with Gasteiger partial charge >= 0.3 is 0 Å². The number of halogens is 1. The number of amides is 2. The highest BCUT2D eigenvalue weighted by atomic mass is 79.9. The minimum atomic E-state index is -0.513. The van der Waals surface area contributed by atoms with Crippen LogP contribution < -0.4 is 10.6 Å². The summed E-state index contributed by atoms with van der Waals surface area (Å²) < 4.78 is 6.92. The Labute approximate surface area is 256 Å². The van der Waals surface area contributed by atoms with Gasteiger partial charge in [-0.15, -0.1) is 11.8 Å². The fraction of sp³-hybridized carbons (Fsp3) is 0.0294. The van der Waals surface area contributed by atoms with Crippen molar-refractivity contribution in [1.82, 2.24) is 5.32 Å². The molecule has 0 radical (unpaired) electrons. The topological polar surface area (TPSA) is 88.4 Å². The molecule has 5 aromatic rings. The summed E-state index contributed by atoms with van der Waals surface area (Å²) in [6.07, 6.45) is 1.50. The highest BCUT2D eigenvalue weighted by molar-refractivity contribution is 9.10. The number of anilines is 1. The third-order valence-electron chi connectivity index (χ3n) is 6.15. The van der Waals surface area contributed by atoms with Crippen molar-refractivity contribution in [1.29, 1.82) is 0 Å². The van der Waals surface area contributed by atoms with E-state index in [9.17, 15) is 14.4 Å². The molecule has 0 bridgehead atoms. The van der Waals surface area contributed by atoms with Gasteiger partial charge < -0.3 is 15.1 Å². The molecule has 4 aromatic carbocycles. The molecule has 2 N–H and O–H groups in total. The molecule has 2 amide bonds. The second-order valence-electron chi connectivity index (χ2n) is 9.14. The average molecular weight is 638 g/mol. The maximum atomic E-state index is 13.4. The number of carbonyl (C=O) groups is 3. The third-order valence-corrected chi connectivity index (χ3v) is 7.69. The maximum absolute atomic E-state index is 13.4. The van der Waals surface area contributed by atoms with Gasteiger partial charge in [0.05, 0.1) is 5.75 Å². The van der Waals surface area contributed by atoms with E-state index in [4.69, 9.17) is 4.42 Å². The Kier molecular flexibility index (Phi) is 9.48. The van der Waals surface area contributed by atoms with Crippen LogP contribution in [0.2, 0.25) is 0 Å². The summed E-state index contributed by atoms with van der Waals surface area (Å²) in [5.74, 6) is 0.442. The van der Waals surface area contributed by atoms with Crippen molar-refractivity contribution in [2.24, 2.45) is 0 Å². The van der Waals surface area contributed by atoms with Crippen LogP contribution in [0.15, 0.2) is 141 Å². The lowest BCUT2D eigenvalue weighted by Gasteiger charge is -2.11. The number of furan rings is 1. The van der Waals surface area contributed by atoms with Gasteiger partial charge in [0.1, 0.15) is 17.2 Å². The maximum Gasteiger partial charge on any atom is 0.272 e. The molecule has 0 unspecified atom stereocenters. The van der Waals surface area contributed by atoms with Crippen molar-refractivity contribution in [3.05, 3.63) is 148 Å². The quantitative estimate of drug-likeness (QED) is 0.0918. The van der Waals surface area contributed by atoms with Crippen LogP contribution in [0.3, 0.4) is 0 Å². The van der Waals surface area contributed by atoms with Gasteiger partial charge in [0.15, 0.2) is 5.78 Å². The summed E-state index contributed by atoms with van der Waals surface area (Å²) in [6.45, 7) is 0. The van der Waals surface area contributed by atoms with Gasteiger partial charge in [-0.05, 0) is 60.7 Å². The van der Waals surface area contributed by atoms with Gasteiger partial charge in [0, 0.05) is 37.8 Å². The summed E-state index contributed by atoms with van der Waals surface area (Å²) >= 11 is 4.85. The summed E-state index contributed by atoms with van der Waals surface area (Å²) in [6, 6.07) is 36.2. The first kappa shape index (κ1) is 28.9.